The number of hydrogen-bond acceptors (Lipinski definition) is 4. The Labute approximate surface area is 194 Å². The number of fused-ring (bicyclic) bond motifs is 1. The number of thiazole rings is 1. The van der Waals surface area contributed by atoms with Crippen LogP contribution >= 0.6 is 46.9 Å². The number of anilines is 1. The molecule has 0 aliphatic carbocycles. The summed E-state index contributed by atoms with van der Waals surface area (Å²) < 4.78 is 2.88. The molecule has 4 rings (SSSR count). The van der Waals surface area contributed by atoms with E-state index in [-0.39, 0.29) is 18.3 Å². The smallest absolute Gasteiger partial charge is 0.260 e. The van der Waals surface area contributed by atoms with Gasteiger partial charge < -0.3 is 4.57 Å². The summed E-state index contributed by atoms with van der Waals surface area (Å²) in [7, 11) is 0. The van der Waals surface area contributed by atoms with E-state index in [4.69, 9.17) is 28.2 Å². The summed E-state index contributed by atoms with van der Waals surface area (Å²) in [5, 5.41) is 1.88. The molecule has 9 heteroatoms. The van der Waals surface area contributed by atoms with Crippen molar-refractivity contribution in [3.8, 4) is 0 Å². The van der Waals surface area contributed by atoms with Crippen molar-refractivity contribution >= 4 is 68.2 Å². The number of imidazole rings is 1. The van der Waals surface area contributed by atoms with Crippen molar-refractivity contribution in [2.45, 2.75) is 19.9 Å². The molecule has 5 nitrogen and oxygen atoms in total. The molecule has 0 saturated carbocycles. The fourth-order valence-corrected chi connectivity index (χ4v) is 4.54. The molecule has 1 amide bonds. The Bertz CT molecular complexity index is 1100. The van der Waals surface area contributed by atoms with Gasteiger partial charge in [-0.2, -0.15) is 0 Å². The van der Waals surface area contributed by atoms with Crippen molar-refractivity contribution in [1.82, 2.24) is 14.5 Å². The molecule has 0 radical (unpaired) electrons. The zero-order valence-electron chi connectivity index (χ0n) is 16.1. The first-order valence-electron chi connectivity index (χ1n) is 9.12. The number of nitrogens with zero attached hydrogens (tertiary/aromatic N) is 4. The van der Waals surface area contributed by atoms with Crippen LogP contribution in [0.1, 0.15) is 22.3 Å². The van der Waals surface area contributed by atoms with Gasteiger partial charge >= 0.3 is 0 Å². The first-order chi connectivity index (χ1) is 14.0. The van der Waals surface area contributed by atoms with Gasteiger partial charge in [-0.1, -0.05) is 40.6 Å². The molecular weight excluding hydrogens is 463 g/mol. The van der Waals surface area contributed by atoms with Crippen LogP contribution in [0.15, 0.2) is 55.1 Å². The van der Waals surface area contributed by atoms with E-state index in [1.807, 2.05) is 29.8 Å². The van der Waals surface area contributed by atoms with Gasteiger partial charge in [0.25, 0.3) is 5.91 Å². The average Bonchev–Trinajstić information content (AvgIpc) is 3.39. The quantitative estimate of drug-likeness (QED) is 0.326. The molecule has 2 aromatic heterocycles. The van der Waals surface area contributed by atoms with Crippen LogP contribution in [0, 0.1) is 6.92 Å². The Hall–Kier alpha value is -2.12. The molecule has 0 aliphatic heterocycles. The average molecular weight is 482 g/mol. The van der Waals surface area contributed by atoms with E-state index in [0.717, 1.165) is 28.7 Å². The lowest BCUT2D eigenvalue weighted by Crippen LogP contribution is -2.32. The summed E-state index contributed by atoms with van der Waals surface area (Å²) in [4.78, 5) is 23.8. The SMILES string of the molecule is Cc1ccc(Cl)c2sc(N(CCCn3ccnc3)C(=O)c3ccc(Cl)cc3)nc12.Cl. The van der Waals surface area contributed by atoms with E-state index in [1.165, 1.54) is 11.3 Å². The number of aryl methyl sites for hydroxylation is 2. The molecule has 4 aromatic rings. The number of rotatable bonds is 6. The minimum atomic E-state index is -0.111. The molecule has 0 bridgehead atoms. The Morgan fingerprint density at radius 3 is 2.60 bits per heavy atom. The second kappa shape index (κ2) is 9.79. The zero-order chi connectivity index (χ0) is 20.4. The maximum atomic E-state index is 13.3. The van der Waals surface area contributed by atoms with Crippen molar-refractivity contribution in [3.63, 3.8) is 0 Å². The summed E-state index contributed by atoms with van der Waals surface area (Å²) in [6.07, 6.45) is 6.19. The Morgan fingerprint density at radius 1 is 1.17 bits per heavy atom. The number of carbonyl (C=O) groups is 1. The third-order valence-electron chi connectivity index (χ3n) is 4.61. The maximum Gasteiger partial charge on any atom is 0.260 e. The molecule has 156 valence electrons. The third kappa shape index (κ3) is 4.78. The van der Waals surface area contributed by atoms with Gasteiger partial charge in [0.05, 0.1) is 21.6 Å². The number of benzene rings is 2. The summed E-state index contributed by atoms with van der Waals surface area (Å²) in [5.74, 6) is -0.111. The summed E-state index contributed by atoms with van der Waals surface area (Å²) in [6.45, 7) is 3.28. The molecule has 0 unspecified atom stereocenters. The van der Waals surface area contributed by atoms with Crippen LogP contribution in [0.4, 0.5) is 5.13 Å². The van der Waals surface area contributed by atoms with Crippen LogP contribution in [0.25, 0.3) is 10.2 Å². The predicted molar refractivity (Wildman–Crippen MR) is 127 cm³/mol. The summed E-state index contributed by atoms with van der Waals surface area (Å²) in [5.41, 5.74) is 2.43. The van der Waals surface area contributed by atoms with Crippen molar-refractivity contribution < 1.29 is 4.79 Å². The van der Waals surface area contributed by atoms with Crippen molar-refractivity contribution in [2.24, 2.45) is 0 Å². The van der Waals surface area contributed by atoms with E-state index >= 15 is 0 Å². The Kier molecular flexibility index (Phi) is 7.36. The third-order valence-corrected chi connectivity index (χ3v) is 6.40. The molecule has 0 saturated heterocycles. The monoisotopic (exact) mass is 480 g/mol. The molecule has 0 atom stereocenters. The van der Waals surface area contributed by atoms with Gasteiger partial charge in [-0.3, -0.25) is 9.69 Å². The standard InChI is InChI=1S/C21H18Cl2N4OS.ClH/c1-14-3-8-17(23)19-18(14)25-21(29-19)27(11-2-10-26-12-9-24-13-26)20(28)15-4-6-16(22)7-5-15;/h3-9,12-13H,2,10-11H2,1H3;1H. The van der Waals surface area contributed by atoms with Crippen LogP contribution < -0.4 is 4.90 Å². The summed E-state index contributed by atoms with van der Waals surface area (Å²) in [6, 6.07) is 10.7. The fraction of sp³-hybridized carbons (Fsp3) is 0.190. The highest BCUT2D eigenvalue weighted by Gasteiger charge is 2.22. The van der Waals surface area contributed by atoms with E-state index in [1.54, 1.807) is 41.7 Å². The minimum absolute atomic E-state index is 0. The molecule has 2 heterocycles. The van der Waals surface area contributed by atoms with Crippen molar-refractivity contribution in [2.75, 3.05) is 11.4 Å². The lowest BCUT2D eigenvalue weighted by atomic mass is 10.2. The first-order valence-corrected chi connectivity index (χ1v) is 10.7. The van der Waals surface area contributed by atoms with Crippen LogP contribution in [-0.2, 0) is 6.54 Å². The van der Waals surface area contributed by atoms with Crippen molar-refractivity contribution in [1.29, 1.82) is 0 Å². The van der Waals surface area contributed by atoms with Crippen LogP contribution in [0.3, 0.4) is 0 Å². The van der Waals surface area contributed by atoms with Gasteiger partial charge in [0.1, 0.15) is 0 Å². The maximum absolute atomic E-state index is 13.3. The number of aromatic nitrogens is 3. The summed E-state index contributed by atoms with van der Waals surface area (Å²) >= 11 is 13.8. The van der Waals surface area contributed by atoms with E-state index in [9.17, 15) is 4.79 Å². The topological polar surface area (TPSA) is 51.0 Å². The molecule has 30 heavy (non-hydrogen) atoms. The number of hydrogen-bond donors (Lipinski definition) is 0. The highest BCUT2D eigenvalue weighted by Crippen LogP contribution is 2.36. The number of amides is 1. The molecule has 0 N–H and O–H groups in total. The molecule has 2 aromatic carbocycles. The van der Waals surface area contributed by atoms with Crippen LogP contribution in [0.5, 0.6) is 0 Å². The number of carbonyl (C=O) groups excluding carboxylic acids is 1. The Morgan fingerprint density at radius 2 is 1.93 bits per heavy atom. The van der Waals surface area contributed by atoms with Gasteiger partial charge in [-0.25, -0.2) is 9.97 Å². The van der Waals surface area contributed by atoms with Crippen LogP contribution in [0.2, 0.25) is 10.0 Å². The molecular formula is C21H19Cl3N4OS. The lowest BCUT2D eigenvalue weighted by Gasteiger charge is -2.20. The first kappa shape index (κ1) is 22.6. The van der Waals surface area contributed by atoms with Gasteiger partial charge in [-0.05, 0) is 49.2 Å². The lowest BCUT2D eigenvalue weighted by molar-refractivity contribution is 0.0986. The van der Waals surface area contributed by atoms with Crippen LogP contribution in [-0.4, -0.2) is 27.0 Å². The second-order valence-corrected chi connectivity index (χ2v) is 8.48. The Balaban J connectivity index is 0.00000256. The molecule has 0 fully saturated rings. The van der Waals surface area contributed by atoms with Gasteiger partial charge in [-0.15, -0.1) is 12.4 Å². The van der Waals surface area contributed by atoms with Crippen molar-refractivity contribution in [3.05, 3.63) is 76.3 Å². The van der Waals surface area contributed by atoms with E-state index in [0.29, 0.717) is 27.3 Å². The fourth-order valence-electron chi connectivity index (χ4n) is 3.07. The second-order valence-electron chi connectivity index (χ2n) is 6.66. The highest BCUT2D eigenvalue weighted by atomic mass is 35.5. The van der Waals surface area contributed by atoms with E-state index in [2.05, 4.69) is 4.98 Å². The normalized spacial score (nSPS) is 10.8. The minimum Gasteiger partial charge on any atom is -0.337 e. The molecule has 0 spiro atoms. The van der Waals surface area contributed by atoms with E-state index < -0.39 is 0 Å². The van der Waals surface area contributed by atoms with Gasteiger partial charge in [0.15, 0.2) is 5.13 Å². The van der Waals surface area contributed by atoms with Gasteiger partial charge in [0, 0.05) is 36.1 Å². The van der Waals surface area contributed by atoms with Gasteiger partial charge in [0.2, 0.25) is 0 Å². The predicted octanol–water partition coefficient (Wildman–Crippen LogP) is 6.27. The number of halogens is 3. The molecule has 0 aliphatic rings. The largest absolute Gasteiger partial charge is 0.337 e. The highest BCUT2D eigenvalue weighted by molar-refractivity contribution is 7.23. The zero-order valence-corrected chi connectivity index (χ0v) is 19.2.